The molecule has 152 valence electrons. The summed E-state index contributed by atoms with van der Waals surface area (Å²) in [5, 5.41) is 3.35. The van der Waals surface area contributed by atoms with Crippen LogP contribution >= 0.6 is 0 Å². The lowest BCUT2D eigenvalue weighted by molar-refractivity contribution is 0.0972. The van der Waals surface area contributed by atoms with Gasteiger partial charge in [0.25, 0.3) is 0 Å². The van der Waals surface area contributed by atoms with E-state index in [1.807, 2.05) is 36.4 Å². The average molecular weight is 401 g/mol. The normalized spacial score (nSPS) is 16.3. The van der Waals surface area contributed by atoms with Gasteiger partial charge in [-0.3, -0.25) is 4.79 Å². The summed E-state index contributed by atoms with van der Waals surface area (Å²) in [6.45, 7) is 3.14. The van der Waals surface area contributed by atoms with Crippen molar-refractivity contribution in [1.82, 2.24) is 19.9 Å². The molecule has 0 unspecified atom stereocenters. The maximum atomic E-state index is 12.6. The van der Waals surface area contributed by atoms with Gasteiger partial charge in [0, 0.05) is 50.7 Å². The van der Waals surface area contributed by atoms with E-state index in [9.17, 15) is 4.79 Å². The summed E-state index contributed by atoms with van der Waals surface area (Å²) in [5.41, 5.74) is 2.41. The largest absolute Gasteiger partial charge is 0.339 e. The summed E-state index contributed by atoms with van der Waals surface area (Å²) >= 11 is 0. The summed E-state index contributed by atoms with van der Waals surface area (Å²) in [7, 11) is 0. The first-order valence-corrected chi connectivity index (χ1v) is 10.3. The van der Waals surface area contributed by atoms with Crippen molar-refractivity contribution in [2.24, 2.45) is 0 Å². The van der Waals surface area contributed by atoms with E-state index in [2.05, 4.69) is 25.1 Å². The number of Topliss-reactive ketones (excluding diaryl/α,β-unsaturated/α-hetero) is 1. The van der Waals surface area contributed by atoms with E-state index in [1.165, 1.54) is 0 Å². The zero-order valence-electron chi connectivity index (χ0n) is 16.7. The van der Waals surface area contributed by atoms with Crippen molar-refractivity contribution in [3.63, 3.8) is 0 Å². The predicted molar refractivity (Wildman–Crippen MR) is 115 cm³/mol. The molecule has 1 aliphatic heterocycles. The number of aromatic nitrogens is 4. The SMILES string of the molecule is O=C1CCCc2nc(N3CCN(c4ncccn4)CC3)nc(Nc3ccccc3)c21. The second-order valence-electron chi connectivity index (χ2n) is 7.48. The van der Waals surface area contributed by atoms with Gasteiger partial charge >= 0.3 is 0 Å². The van der Waals surface area contributed by atoms with Crippen LogP contribution in [0.1, 0.15) is 28.9 Å². The quantitative estimate of drug-likeness (QED) is 0.714. The molecule has 0 radical (unpaired) electrons. The lowest BCUT2D eigenvalue weighted by Gasteiger charge is -2.35. The molecule has 8 nitrogen and oxygen atoms in total. The number of para-hydroxylation sites is 1. The number of piperazine rings is 1. The van der Waals surface area contributed by atoms with Crippen LogP contribution in [0.25, 0.3) is 0 Å². The monoisotopic (exact) mass is 401 g/mol. The molecule has 3 heterocycles. The van der Waals surface area contributed by atoms with Crippen LogP contribution in [0.15, 0.2) is 48.8 Å². The third kappa shape index (κ3) is 3.68. The van der Waals surface area contributed by atoms with Crippen molar-refractivity contribution in [2.45, 2.75) is 19.3 Å². The van der Waals surface area contributed by atoms with E-state index >= 15 is 0 Å². The fourth-order valence-corrected chi connectivity index (χ4v) is 3.96. The Balaban J connectivity index is 1.42. The molecule has 0 saturated carbocycles. The third-order valence-electron chi connectivity index (χ3n) is 5.50. The zero-order valence-corrected chi connectivity index (χ0v) is 16.7. The highest BCUT2D eigenvalue weighted by atomic mass is 16.1. The molecule has 1 saturated heterocycles. The minimum atomic E-state index is 0.118. The molecule has 1 fully saturated rings. The lowest BCUT2D eigenvalue weighted by Crippen LogP contribution is -2.47. The molecule has 2 aliphatic rings. The molecule has 30 heavy (non-hydrogen) atoms. The first-order chi connectivity index (χ1) is 14.8. The summed E-state index contributed by atoms with van der Waals surface area (Å²) in [6.07, 6.45) is 5.72. The van der Waals surface area contributed by atoms with E-state index in [-0.39, 0.29) is 5.78 Å². The number of rotatable bonds is 4. The highest BCUT2D eigenvalue weighted by Crippen LogP contribution is 2.30. The number of hydrogen-bond acceptors (Lipinski definition) is 8. The van der Waals surface area contributed by atoms with Gasteiger partial charge in [0.05, 0.1) is 11.3 Å². The van der Waals surface area contributed by atoms with Crippen LogP contribution in [-0.2, 0) is 6.42 Å². The van der Waals surface area contributed by atoms with Crippen LogP contribution in [-0.4, -0.2) is 51.9 Å². The summed E-state index contributed by atoms with van der Waals surface area (Å²) in [6, 6.07) is 11.7. The molecule has 8 heteroatoms. The number of ketones is 1. The Bertz CT molecular complexity index is 1030. The van der Waals surface area contributed by atoms with Gasteiger partial charge in [0.1, 0.15) is 5.82 Å². The summed E-state index contributed by atoms with van der Waals surface area (Å²) in [5.74, 6) is 2.16. The van der Waals surface area contributed by atoms with Crippen LogP contribution in [0.2, 0.25) is 0 Å². The topological polar surface area (TPSA) is 87.1 Å². The molecule has 0 atom stereocenters. The molecule has 0 spiro atoms. The summed E-state index contributed by atoms with van der Waals surface area (Å²) in [4.78, 5) is 35.2. The fraction of sp³-hybridized carbons (Fsp3) is 0.318. The third-order valence-corrected chi connectivity index (χ3v) is 5.50. The number of anilines is 4. The average Bonchev–Trinajstić information content (AvgIpc) is 2.80. The van der Waals surface area contributed by atoms with Crippen LogP contribution in [0.4, 0.5) is 23.4 Å². The number of aryl methyl sites for hydroxylation is 1. The number of benzene rings is 1. The Morgan fingerprint density at radius 2 is 1.50 bits per heavy atom. The predicted octanol–water partition coefficient (Wildman–Crippen LogP) is 2.86. The van der Waals surface area contributed by atoms with Gasteiger partial charge in [-0.15, -0.1) is 0 Å². The Morgan fingerprint density at radius 1 is 0.800 bits per heavy atom. The maximum Gasteiger partial charge on any atom is 0.227 e. The van der Waals surface area contributed by atoms with Crippen LogP contribution in [0.3, 0.4) is 0 Å². The number of fused-ring (bicyclic) bond motifs is 1. The Kier molecular flexibility index (Phi) is 4.96. The first-order valence-electron chi connectivity index (χ1n) is 10.3. The highest BCUT2D eigenvalue weighted by molar-refractivity contribution is 6.03. The van der Waals surface area contributed by atoms with Crippen molar-refractivity contribution in [2.75, 3.05) is 41.3 Å². The van der Waals surface area contributed by atoms with Gasteiger partial charge in [-0.2, -0.15) is 4.98 Å². The molecule has 2 aromatic heterocycles. The number of nitrogens with one attached hydrogen (secondary N) is 1. The smallest absolute Gasteiger partial charge is 0.227 e. The Labute approximate surface area is 175 Å². The van der Waals surface area contributed by atoms with Crippen molar-refractivity contribution in [3.8, 4) is 0 Å². The number of hydrogen-bond donors (Lipinski definition) is 1. The zero-order chi connectivity index (χ0) is 20.3. The van der Waals surface area contributed by atoms with E-state index in [1.54, 1.807) is 12.4 Å². The van der Waals surface area contributed by atoms with Crippen molar-refractivity contribution < 1.29 is 4.79 Å². The maximum absolute atomic E-state index is 12.6. The highest BCUT2D eigenvalue weighted by Gasteiger charge is 2.27. The second-order valence-corrected chi connectivity index (χ2v) is 7.48. The molecule has 0 amide bonds. The molecule has 5 rings (SSSR count). The standard InChI is InChI=1S/C22H23N7O/c30-18-9-4-8-17-19(18)20(25-16-6-2-1-3-7-16)27-22(26-17)29-14-12-28(13-15-29)21-23-10-5-11-24-21/h1-3,5-7,10-11H,4,8-9,12-15H2,(H,25,26,27). The molecule has 0 bridgehead atoms. The van der Waals surface area contributed by atoms with Gasteiger partial charge in [0.2, 0.25) is 11.9 Å². The molecule has 3 aromatic rings. The van der Waals surface area contributed by atoms with E-state index in [0.717, 1.165) is 56.4 Å². The van der Waals surface area contributed by atoms with Crippen molar-refractivity contribution in [1.29, 1.82) is 0 Å². The van der Waals surface area contributed by atoms with Gasteiger partial charge in [-0.05, 0) is 31.0 Å². The van der Waals surface area contributed by atoms with Gasteiger partial charge in [-0.1, -0.05) is 18.2 Å². The van der Waals surface area contributed by atoms with Gasteiger partial charge in [0.15, 0.2) is 5.78 Å². The Morgan fingerprint density at radius 3 is 2.23 bits per heavy atom. The van der Waals surface area contributed by atoms with Gasteiger partial charge in [-0.25, -0.2) is 15.0 Å². The summed E-state index contributed by atoms with van der Waals surface area (Å²) < 4.78 is 0. The minimum absolute atomic E-state index is 0.118. The number of carbonyl (C=O) groups excluding carboxylic acids is 1. The van der Waals surface area contributed by atoms with Gasteiger partial charge < -0.3 is 15.1 Å². The Hall–Kier alpha value is -3.55. The van der Waals surface area contributed by atoms with Crippen molar-refractivity contribution in [3.05, 3.63) is 60.0 Å². The second kappa shape index (κ2) is 8.06. The van der Waals surface area contributed by atoms with Crippen LogP contribution in [0.5, 0.6) is 0 Å². The minimum Gasteiger partial charge on any atom is -0.339 e. The number of carbonyl (C=O) groups is 1. The van der Waals surface area contributed by atoms with E-state index < -0.39 is 0 Å². The lowest BCUT2D eigenvalue weighted by atomic mass is 9.95. The first kappa shape index (κ1) is 18.5. The number of nitrogens with zero attached hydrogens (tertiary/aromatic N) is 6. The molecule has 1 N–H and O–H groups in total. The molecular formula is C22H23N7O. The van der Waals surface area contributed by atoms with Crippen LogP contribution in [0, 0.1) is 0 Å². The van der Waals surface area contributed by atoms with Crippen LogP contribution < -0.4 is 15.1 Å². The molecule has 1 aliphatic carbocycles. The van der Waals surface area contributed by atoms with E-state index in [0.29, 0.717) is 23.8 Å². The molecule has 1 aromatic carbocycles. The fourth-order valence-electron chi connectivity index (χ4n) is 3.96. The molecular weight excluding hydrogens is 378 g/mol. The van der Waals surface area contributed by atoms with Crippen molar-refractivity contribution >= 4 is 29.2 Å². The van der Waals surface area contributed by atoms with E-state index in [4.69, 9.17) is 9.97 Å².